The van der Waals surface area contributed by atoms with Crippen LogP contribution in [0.25, 0.3) is 0 Å². The SMILES string of the molecule is CCCCC/C=C\C/C=C\CCCCCCCCCC(=O)OCCCCCCCC/C=C\C/C=C\CCC(=O)NC(COC1OC(CO)C(O)C(O)C1O)C(O)/C=C/CCCCCCCCC. The zero-order valence-corrected chi connectivity index (χ0v) is 42.3. The first-order valence-electron chi connectivity index (χ1n) is 27.1. The second-order valence-electron chi connectivity index (χ2n) is 18.6. The number of rotatable bonds is 45. The first-order valence-corrected chi connectivity index (χ1v) is 27.1. The lowest BCUT2D eigenvalue weighted by atomic mass is 9.99. The Hall–Kier alpha value is -2.64. The van der Waals surface area contributed by atoms with Crippen LogP contribution in [0.4, 0.5) is 0 Å². The Balaban J connectivity index is 2.14. The van der Waals surface area contributed by atoms with Crippen molar-refractivity contribution in [3.05, 3.63) is 60.8 Å². The van der Waals surface area contributed by atoms with Gasteiger partial charge >= 0.3 is 5.97 Å². The minimum Gasteiger partial charge on any atom is -0.466 e. The zero-order valence-electron chi connectivity index (χ0n) is 42.3. The number of carbonyl (C=O) groups is 2. The highest BCUT2D eigenvalue weighted by molar-refractivity contribution is 5.76. The van der Waals surface area contributed by atoms with Gasteiger partial charge in [-0.15, -0.1) is 0 Å². The summed E-state index contributed by atoms with van der Waals surface area (Å²) >= 11 is 0. The summed E-state index contributed by atoms with van der Waals surface area (Å²) in [5, 5.41) is 54.0. The average Bonchev–Trinajstić information content (AvgIpc) is 3.32. The van der Waals surface area contributed by atoms with Crippen LogP contribution in [-0.4, -0.2) is 100 Å². The molecule has 11 heteroatoms. The van der Waals surface area contributed by atoms with Gasteiger partial charge in [0.2, 0.25) is 5.91 Å². The third-order valence-corrected chi connectivity index (χ3v) is 12.4. The van der Waals surface area contributed by atoms with E-state index in [0.29, 0.717) is 19.4 Å². The lowest BCUT2D eigenvalue weighted by Crippen LogP contribution is -2.60. The van der Waals surface area contributed by atoms with Crippen LogP contribution in [0, 0.1) is 0 Å². The molecule has 0 spiro atoms. The third kappa shape index (κ3) is 36.0. The van der Waals surface area contributed by atoms with Gasteiger partial charge < -0.3 is 45.1 Å². The number of aliphatic hydroxyl groups excluding tert-OH is 5. The fraction of sp³-hybridized carbons (Fsp3) is 0.786. The van der Waals surface area contributed by atoms with Crippen molar-refractivity contribution in [2.45, 2.75) is 262 Å². The molecule has 0 saturated carbocycles. The summed E-state index contributed by atoms with van der Waals surface area (Å²) in [5.41, 5.74) is 0. The Morgan fingerprint density at radius 1 is 0.552 bits per heavy atom. The van der Waals surface area contributed by atoms with E-state index < -0.39 is 49.5 Å². The highest BCUT2D eigenvalue weighted by atomic mass is 16.7. The molecule has 1 saturated heterocycles. The van der Waals surface area contributed by atoms with Crippen LogP contribution in [-0.2, 0) is 23.8 Å². The normalized spacial score (nSPS) is 20.0. The molecule has 0 aromatic heterocycles. The molecular weight excluding hydrogens is 847 g/mol. The van der Waals surface area contributed by atoms with Crippen LogP contribution in [0.15, 0.2) is 60.8 Å². The molecule has 1 aliphatic rings. The Bertz CT molecular complexity index is 1300. The smallest absolute Gasteiger partial charge is 0.305 e. The fourth-order valence-electron chi connectivity index (χ4n) is 7.98. The number of esters is 1. The topological polar surface area (TPSA) is 175 Å². The van der Waals surface area contributed by atoms with E-state index in [9.17, 15) is 35.1 Å². The molecule has 1 aliphatic heterocycles. The molecule has 6 N–H and O–H groups in total. The number of aliphatic hydroxyl groups is 5. The van der Waals surface area contributed by atoms with Gasteiger partial charge in [-0.2, -0.15) is 0 Å². The third-order valence-electron chi connectivity index (χ3n) is 12.4. The van der Waals surface area contributed by atoms with Crippen molar-refractivity contribution in [2.75, 3.05) is 19.8 Å². The Morgan fingerprint density at radius 3 is 1.57 bits per heavy atom. The summed E-state index contributed by atoms with van der Waals surface area (Å²) in [5.74, 6) is -0.315. The molecule has 1 fully saturated rings. The van der Waals surface area contributed by atoms with E-state index in [4.69, 9.17) is 14.2 Å². The summed E-state index contributed by atoms with van der Waals surface area (Å²) in [4.78, 5) is 25.0. The van der Waals surface area contributed by atoms with Crippen LogP contribution in [0.5, 0.6) is 0 Å². The average molecular weight is 946 g/mol. The van der Waals surface area contributed by atoms with Crippen molar-refractivity contribution in [3.63, 3.8) is 0 Å². The van der Waals surface area contributed by atoms with Gasteiger partial charge in [0.1, 0.15) is 24.4 Å². The van der Waals surface area contributed by atoms with Crippen molar-refractivity contribution < 1.29 is 49.3 Å². The van der Waals surface area contributed by atoms with E-state index in [1.54, 1.807) is 6.08 Å². The predicted molar refractivity (Wildman–Crippen MR) is 273 cm³/mol. The van der Waals surface area contributed by atoms with E-state index in [0.717, 1.165) is 77.0 Å². The van der Waals surface area contributed by atoms with Crippen LogP contribution in [0.2, 0.25) is 0 Å². The molecule has 7 atom stereocenters. The minimum atomic E-state index is -1.59. The van der Waals surface area contributed by atoms with Gasteiger partial charge in [-0.05, 0) is 83.5 Å². The quantitative estimate of drug-likeness (QED) is 0.0196. The van der Waals surface area contributed by atoms with E-state index in [1.165, 1.54) is 109 Å². The second kappa shape index (κ2) is 45.8. The maximum Gasteiger partial charge on any atom is 0.305 e. The lowest BCUT2D eigenvalue weighted by Gasteiger charge is -2.40. The summed E-state index contributed by atoms with van der Waals surface area (Å²) in [6.07, 6.45) is 47.5. The van der Waals surface area contributed by atoms with Crippen LogP contribution < -0.4 is 5.32 Å². The van der Waals surface area contributed by atoms with E-state index in [2.05, 4.69) is 55.6 Å². The van der Waals surface area contributed by atoms with E-state index in [1.807, 2.05) is 18.2 Å². The summed E-state index contributed by atoms with van der Waals surface area (Å²) in [7, 11) is 0. The molecule has 0 bridgehead atoms. The predicted octanol–water partition coefficient (Wildman–Crippen LogP) is 11.5. The first-order chi connectivity index (χ1) is 32.7. The zero-order chi connectivity index (χ0) is 48.8. The second-order valence-corrected chi connectivity index (χ2v) is 18.6. The molecule has 0 aromatic carbocycles. The van der Waals surface area contributed by atoms with Gasteiger partial charge in [0.15, 0.2) is 6.29 Å². The van der Waals surface area contributed by atoms with Gasteiger partial charge in [-0.1, -0.05) is 184 Å². The summed E-state index contributed by atoms with van der Waals surface area (Å²) in [6.45, 7) is 4.17. The van der Waals surface area contributed by atoms with Crippen LogP contribution in [0.1, 0.15) is 219 Å². The maximum atomic E-state index is 12.9. The van der Waals surface area contributed by atoms with E-state index >= 15 is 0 Å². The highest BCUT2D eigenvalue weighted by Crippen LogP contribution is 2.22. The number of hydrogen-bond acceptors (Lipinski definition) is 10. The molecule has 0 aliphatic carbocycles. The molecule has 388 valence electrons. The van der Waals surface area contributed by atoms with Crippen LogP contribution in [0.3, 0.4) is 0 Å². The van der Waals surface area contributed by atoms with Gasteiger partial charge in [0.25, 0.3) is 0 Å². The van der Waals surface area contributed by atoms with Crippen LogP contribution >= 0.6 is 0 Å². The number of unbranched alkanes of at least 4 members (excludes halogenated alkanes) is 23. The molecule has 1 rings (SSSR count). The lowest BCUT2D eigenvalue weighted by molar-refractivity contribution is -0.302. The van der Waals surface area contributed by atoms with Crippen molar-refractivity contribution in [1.29, 1.82) is 0 Å². The Kier molecular flexibility index (Phi) is 42.6. The summed E-state index contributed by atoms with van der Waals surface area (Å²) < 4.78 is 16.6. The summed E-state index contributed by atoms with van der Waals surface area (Å²) in [6, 6.07) is -0.854. The number of nitrogens with one attached hydrogen (secondary N) is 1. The largest absolute Gasteiger partial charge is 0.466 e. The maximum absolute atomic E-state index is 12.9. The van der Waals surface area contributed by atoms with Crippen molar-refractivity contribution >= 4 is 11.9 Å². The number of allylic oxidation sites excluding steroid dienone is 9. The number of amides is 1. The fourth-order valence-corrected chi connectivity index (χ4v) is 7.98. The number of ether oxygens (including phenoxy) is 3. The van der Waals surface area contributed by atoms with Gasteiger partial charge in [0, 0.05) is 12.8 Å². The molecule has 1 amide bonds. The molecule has 0 aromatic rings. The minimum absolute atomic E-state index is 0.0484. The van der Waals surface area contributed by atoms with E-state index in [-0.39, 0.29) is 24.9 Å². The van der Waals surface area contributed by atoms with Gasteiger partial charge in [0.05, 0.1) is 32.0 Å². The van der Waals surface area contributed by atoms with Gasteiger partial charge in [-0.3, -0.25) is 9.59 Å². The van der Waals surface area contributed by atoms with Crippen molar-refractivity contribution in [2.24, 2.45) is 0 Å². The van der Waals surface area contributed by atoms with Gasteiger partial charge in [-0.25, -0.2) is 0 Å². The Morgan fingerprint density at radius 2 is 1.01 bits per heavy atom. The Labute approximate surface area is 408 Å². The standard InChI is InChI=1S/C56H99NO10/c1-3-5-7-9-11-13-14-15-16-17-18-21-24-28-32-36-40-44-52(61)65-45-41-37-33-29-25-22-19-20-23-27-31-35-39-43-51(60)57-48(49(59)42-38-34-30-26-12-10-8-6-4-2)47-66-56-55(64)54(63)53(62)50(46-58)67-56/h11,13,15-16,20,23,31,35,38,42,48-50,53-56,58-59,62-64H,3-10,12,14,17-19,21-22,24-30,32-34,36-37,39-41,43-47H2,1-2H3,(H,57,60)/b13-11-,16-15-,23-20-,35-31-,42-38+. The molecular formula is C56H99NO10. The molecule has 67 heavy (non-hydrogen) atoms. The molecule has 7 unspecified atom stereocenters. The number of hydrogen-bond donors (Lipinski definition) is 6. The van der Waals surface area contributed by atoms with Crippen molar-refractivity contribution in [1.82, 2.24) is 5.32 Å². The molecule has 11 nitrogen and oxygen atoms in total. The highest BCUT2D eigenvalue weighted by Gasteiger charge is 2.44. The molecule has 1 heterocycles. The molecule has 0 radical (unpaired) electrons. The number of carbonyl (C=O) groups excluding carboxylic acids is 2. The first kappa shape index (κ1) is 62.4. The monoisotopic (exact) mass is 946 g/mol. The van der Waals surface area contributed by atoms with Crippen molar-refractivity contribution in [3.8, 4) is 0 Å².